The van der Waals surface area contributed by atoms with E-state index in [4.69, 9.17) is 4.74 Å². The van der Waals surface area contributed by atoms with Crippen LogP contribution in [0.3, 0.4) is 0 Å². The SMILES string of the molecule is CCNC(=O)C(Cc1ccccc1)N(Cc1cccc(Br)c1)C(=O)CN(c1ccc(F)cc1)S(=O)(=O)c1ccc(OC)cc1. The molecule has 4 aromatic carbocycles. The van der Waals surface area contributed by atoms with Gasteiger partial charge in [-0.2, -0.15) is 0 Å². The largest absolute Gasteiger partial charge is 0.497 e. The molecular weight excluding hydrogens is 649 g/mol. The molecule has 0 saturated carbocycles. The molecule has 2 amide bonds. The van der Waals surface area contributed by atoms with Crippen molar-refractivity contribution in [1.82, 2.24) is 10.2 Å². The Bertz CT molecular complexity index is 1670. The minimum absolute atomic E-state index is 0.0345. The summed E-state index contributed by atoms with van der Waals surface area (Å²) in [7, 11) is -2.85. The summed E-state index contributed by atoms with van der Waals surface area (Å²) in [5.41, 5.74) is 1.66. The number of benzene rings is 4. The van der Waals surface area contributed by atoms with E-state index < -0.39 is 34.3 Å². The van der Waals surface area contributed by atoms with Crippen LogP contribution >= 0.6 is 15.9 Å². The summed E-state index contributed by atoms with van der Waals surface area (Å²) >= 11 is 3.46. The molecule has 0 bridgehead atoms. The quantitative estimate of drug-likeness (QED) is 0.199. The van der Waals surface area contributed by atoms with Gasteiger partial charge in [-0.1, -0.05) is 58.4 Å². The second-order valence-electron chi connectivity index (χ2n) is 9.92. The molecule has 11 heteroatoms. The average molecular weight is 683 g/mol. The molecule has 0 spiro atoms. The second kappa shape index (κ2) is 15.0. The van der Waals surface area contributed by atoms with Crippen LogP contribution in [0, 0.1) is 5.82 Å². The van der Waals surface area contributed by atoms with Gasteiger partial charge in [-0.05, 0) is 78.7 Å². The molecule has 0 aliphatic rings. The predicted octanol–water partition coefficient (Wildman–Crippen LogP) is 5.57. The van der Waals surface area contributed by atoms with Gasteiger partial charge in [0.05, 0.1) is 17.7 Å². The third-order valence-corrected chi connectivity index (χ3v) is 9.19. The van der Waals surface area contributed by atoms with Crippen molar-refractivity contribution < 1.29 is 27.1 Å². The van der Waals surface area contributed by atoms with E-state index >= 15 is 0 Å². The van der Waals surface area contributed by atoms with Crippen molar-refractivity contribution in [3.8, 4) is 5.75 Å². The summed E-state index contributed by atoms with van der Waals surface area (Å²) in [6.45, 7) is 1.53. The Morgan fingerprint density at radius 3 is 2.18 bits per heavy atom. The van der Waals surface area contributed by atoms with E-state index in [9.17, 15) is 22.4 Å². The summed E-state index contributed by atoms with van der Waals surface area (Å²) in [6.07, 6.45) is 0.203. The molecule has 1 atom stereocenters. The number of hydrogen-bond donors (Lipinski definition) is 1. The van der Waals surface area contributed by atoms with Crippen LogP contribution in [-0.2, 0) is 32.6 Å². The second-order valence-corrected chi connectivity index (χ2v) is 12.7. The number of methoxy groups -OCH3 is 1. The lowest BCUT2D eigenvalue weighted by Crippen LogP contribution is -2.53. The Balaban J connectivity index is 1.79. The highest BCUT2D eigenvalue weighted by molar-refractivity contribution is 9.10. The maximum absolute atomic E-state index is 14.3. The molecule has 0 fully saturated rings. The topological polar surface area (TPSA) is 96.0 Å². The van der Waals surface area contributed by atoms with Crippen LogP contribution < -0.4 is 14.4 Å². The fraction of sp³-hybridized carbons (Fsp3) is 0.212. The number of sulfonamides is 1. The molecule has 1 unspecified atom stereocenters. The summed E-state index contributed by atoms with van der Waals surface area (Å²) in [6, 6.07) is 26.3. The molecule has 230 valence electrons. The standard InChI is InChI=1S/C33H33BrFN3O5S/c1-3-36-33(40)31(21-24-8-5-4-6-9-24)37(22-25-10-7-11-26(34)20-25)32(39)23-38(28-14-12-27(35)13-15-28)44(41,42)30-18-16-29(43-2)17-19-30/h4-20,31H,3,21-23H2,1-2H3,(H,36,40). The van der Waals surface area contributed by atoms with Gasteiger partial charge in [-0.15, -0.1) is 0 Å². The number of amides is 2. The normalized spacial score (nSPS) is 11.8. The zero-order chi connectivity index (χ0) is 31.7. The Hall–Kier alpha value is -4.22. The Kier molecular flexibility index (Phi) is 11.1. The van der Waals surface area contributed by atoms with Gasteiger partial charge >= 0.3 is 0 Å². The van der Waals surface area contributed by atoms with E-state index in [0.717, 1.165) is 32.0 Å². The monoisotopic (exact) mass is 681 g/mol. The fourth-order valence-electron chi connectivity index (χ4n) is 4.69. The Morgan fingerprint density at radius 2 is 1.57 bits per heavy atom. The Morgan fingerprint density at radius 1 is 0.909 bits per heavy atom. The minimum atomic E-state index is -4.32. The molecule has 0 heterocycles. The van der Waals surface area contributed by atoms with Gasteiger partial charge < -0.3 is 15.0 Å². The molecule has 0 aromatic heterocycles. The van der Waals surface area contributed by atoms with Crippen LogP contribution in [0.4, 0.5) is 10.1 Å². The molecule has 0 aliphatic heterocycles. The van der Waals surface area contributed by atoms with Gasteiger partial charge in [0, 0.05) is 24.0 Å². The zero-order valence-corrected chi connectivity index (χ0v) is 26.7. The number of halogens is 2. The van der Waals surface area contributed by atoms with E-state index in [2.05, 4.69) is 21.2 Å². The lowest BCUT2D eigenvalue weighted by Gasteiger charge is -2.34. The van der Waals surface area contributed by atoms with Crippen molar-refractivity contribution in [2.24, 2.45) is 0 Å². The first-order valence-electron chi connectivity index (χ1n) is 13.9. The highest BCUT2D eigenvalue weighted by Gasteiger charge is 2.34. The number of carbonyl (C=O) groups is 2. The van der Waals surface area contributed by atoms with Gasteiger partial charge in [0.2, 0.25) is 11.8 Å². The Labute approximate surface area is 265 Å². The van der Waals surface area contributed by atoms with Crippen LogP contribution in [0.25, 0.3) is 0 Å². The average Bonchev–Trinajstić information content (AvgIpc) is 3.02. The molecule has 8 nitrogen and oxygen atoms in total. The summed E-state index contributed by atoms with van der Waals surface area (Å²) in [5, 5.41) is 2.83. The molecule has 1 N–H and O–H groups in total. The molecule has 0 radical (unpaired) electrons. The van der Waals surface area contributed by atoms with Gasteiger partial charge in [-0.3, -0.25) is 13.9 Å². The predicted molar refractivity (Wildman–Crippen MR) is 171 cm³/mol. The first-order valence-corrected chi connectivity index (χ1v) is 16.1. The summed E-state index contributed by atoms with van der Waals surface area (Å²) in [5.74, 6) is -1.08. The van der Waals surface area contributed by atoms with Crippen molar-refractivity contribution in [3.63, 3.8) is 0 Å². The molecule has 4 rings (SSSR count). The summed E-state index contributed by atoms with van der Waals surface area (Å²) in [4.78, 5) is 29.2. The van der Waals surface area contributed by atoms with Gasteiger partial charge in [-0.25, -0.2) is 12.8 Å². The molecule has 44 heavy (non-hydrogen) atoms. The van der Waals surface area contributed by atoms with Crippen molar-refractivity contribution in [1.29, 1.82) is 0 Å². The van der Waals surface area contributed by atoms with Crippen molar-refractivity contribution >= 4 is 43.5 Å². The number of hydrogen-bond acceptors (Lipinski definition) is 5. The maximum Gasteiger partial charge on any atom is 0.264 e. The van der Waals surface area contributed by atoms with Gasteiger partial charge in [0.25, 0.3) is 10.0 Å². The highest BCUT2D eigenvalue weighted by Crippen LogP contribution is 2.27. The van der Waals surface area contributed by atoms with Crippen LogP contribution in [0.1, 0.15) is 18.1 Å². The van der Waals surface area contributed by atoms with Gasteiger partial charge in [0.15, 0.2) is 0 Å². The minimum Gasteiger partial charge on any atom is -0.497 e. The molecule has 0 aliphatic carbocycles. The van der Waals surface area contributed by atoms with E-state index in [1.807, 2.05) is 54.6 Å². The number of likely N-dealkylation sites (N-methyl/N-ethyl adjacent to an activating group) is 1. The summed E-state index contributed by atoms with van der Waals surface area (Å²) < 4.78 is 48.8. The smallest absolute Gasteiger partial charge is 0.264 e. The van der Waals surface area contributed by atoms with E-state index in [1.54, 1.807) is 6.92 Å². The maximum atomic E-state index is 14.3. The van der Waals surface area contributed by atoms with E-state index in [1.165, 1.54) is 48.4 Å². The number of nitrogens with one attached hydrogen (secondary N) is 1. The molecule has 0 saturated heterocycles. The first kappa shape index (κ1) is 32.7. The number of ether oxygens (including phenoxy) is 1. The lowest BCUT2D eigenvalue weighted by atomic mass is 10.0. The third kappa shape index (κ3) is 8.23. The molecule has 4 aromatic rings. The van der Waals surface area contributed by atoms with Crippen LogP contribution in [0.5, 0.6) is 5.75 Å². The fourth-order valence-corrected chi connectivity index (χ4v) is 6.55. The van der Waals surface area contributed by atoms with Crippen LogP contribution in [-0.4, -0.2) is 51.4 Å². The van der Waals surface area contributed by atoms with Crippen molar-refractivity contribution in [2.75, 3.05) is 24.5 Å². The zero-order valence-electron chi connectivity index (χ0n) is 24.3. The third-order valence-electron chi connectivity index (χ3n) is 6.90. The number of anilines is 1. The van der Waals surface area contributed by atoms with Crippen LogP contribution in [0.15, 0.2) is 112 Å². The number of nitrogens with zero attached hydrogens (tertiary/aromatic N) is 2. The molecular formula is C33H33BrFN3O5S. The van der Waals surface area contributed by atoms with E-state index in [-0.39, 0.29) is 29.5 Å². The van der Waals surface area contributed by atoms with Crippen molar-refractivity contribution in [2.45, 2.75) is 30.8 Å². The number of rotatable bonds is 13. The highest BCUT2D eigenvalue weighted by atomic mass is 79.9. The van der Waals surface area contributed by atoms with Gasteiger partial charge in [0.1, 0.15) is 24.2 Å². The van der Waals surface area contributed by atoms with E-state index in [0.29, 0.717) is 12.3 Å². The van der Waals surface area contributed by atoms with Crippen LogP contribution in [0.2, 0.25) is 0 Å². The van der Waals surface area contributed by atoms with Crippen molar-refractivity contribution in [3.05, 3.63) is 125 Å². The number of carbonyl (C=O) groups excluding carboxylic acids is 2. The lowest BCUT2D eigenvalue weighted by molar-refractivity contribution is -0.140. The first-order chi connectivity index (χ1) is 21.1.